The van der Waals surface area contributed by atoms with Crippen LogP contribution in [0.4, 0.5) is 16.3 Å². The SMILES string of the molecule is CCN(CC)c1ccc(NC(=O)N2CC[C@@H]2c2ccccc2)cn1. The molecule has 5 heteroatoms. The molecule has 1 N–H and O–H groups in total. The molecule has 0 unspecified atom stereocenters. The molecule has 0 aliphatic carbocycles. The van der Waals surface area contributed by atoms with Crippen molar-refractivity contribution in [2.45, 2.75) is 26.3 Å². The zero-order valence-corrected chi connectivity index (χ0v) is 14.3. The van der Waals surface area contributed by atoms with Crippen molar-refractivity contribution >= 4 is 17.5 Å². The maximum Gasteiger partial charge on any atom is 0.322 e. The first-order valence-electron chi connectivity index (χ1n) is 8.56. The standard InChI is InChI=1S/C19H24N4O/c1-3-22(4-2)18-11-10-16(14-20-18)21-19(24)23-13-12-17(23)15-8-6-5-7-9-15/h5-11,14,17H,3-4,12-13H2,1-2H3,(H,21,24)/t17-/m1/s1. The third-order valence-corrected chi connectivity index (χ3v) is 4.55. The summed E-state index contributed by atoms with van der Waals surface area (Å²) in [6.45, 7) is 6.84. The van der Waals surface area contributed by atoms with E-state index in [-0.39, 0.29) is 12.1 Å². The van der Waals surface area contributed by atoms with E-state index < -0.39 is 0 Å². The Labute approximate surface area is 143 Å². The van der Waals surface area contributed by atoms with Gasteiger partial charge in [0.2, 0.25) is 0 Å². The lowest BCUT2D eigenvalue weighted by molar-refractivity contribution is 0.126. The number of carbonyl (C=O) groups is 1. The number of likely N-dealkylation sites (tertiary alicyclic amines) is 1. The van der Waals surface area contributed by atoms with Gasteiger partial charge < -0.3 is 15.1 Å². The Morgan fingerprint density at radius 2 is 1.96 bits per heavy atom. The number of nitrogens with one attached hydrogen (secondary N) is 1. The molecule has 0 spiro atoms. The molecule has 3 rings (SSSR count). The first kappa shape index (κ1) is 16.3. The van der Waals surface area contributed by atoms with Crippen LogP contribution in [0.1, 0.15) is 31.9 Å². The number of hydrogen-bond donors (Lipinski definition) is 1. The number of hydrogen-bond acceptors (Lipinski definition) is 3. The van der Waals surface area contributed by atoms with Crippen molar-refractivity contribution < 1.29 is 4.79 Å². The minimum atomic E-state index is -0.0625. The molecule has 1 aromatic carbocycles. The van der Waals surface area contributed by atoms with Gasteiger partial charge in [-0.2, -0.15) is 0 Å². The van der Waals surface area contributed by atoms with Crippen LogP contribution in [0.2, 0.25) is 0 Å². The van der Waals surface area contributed by atoms with Crippen LogP contribution in [-0.2, 0) is 0 Å². The summed E-state index contributed by atoms with van der Waals surface area (Å²) in [6, 6.07) is 14.1. The minimum absolute atomic E-state index is 0.0625. The summed E-state index contributed by atoms with van der Waals surface area (Å²) < 4.78 is 0. The van der Waals surface area contributed by atoms with Crippen molar-refractivity contribution in [1.82, 2.24) is 9.88 Å². The summed E-state index contributed by atoms with van der Waals surface area (Å²) in [5, 5.41) is 2.95. The third kappa shape index (κ3) is 3.35. The van der Waals surface area contributed by atoms with Crippen LogP contribution in [0.15, 0.2) is 48.7 Å². The molecule has 0 bridgehead atoms. The molecule has 2 aromatic rings. The van der Waals surface area contributed by atoms with Crippen molar-refractivity contribution in [3.8, 4) is 0 Å². The minimum Gasteiger partial charge on any atom is -0.357 e. The average molecular weight is 324 g/mol. The normalized spacial score (nSPS) is 16.4. The topological polar surface area (TPSA) is 48.5 Å². The van der Waals surface area contributed by atoms with E-state index in [1.54, 1.807) is 6.20 Å². The van der Waals surface area contributed by atoms with E-state index in [1.807, 2.05) is 35.2 Å². The number of urea groups is 1. The Morgan fingerprint density at radius 3 is 2.50 bits per heavy atom. The predicted octanol–water partition coefficient (Wildman–Crippen LogP) is 3.91. The van der Waals surface area contributed by atoms with Crippen LogP contribution in [0.25, 0.3) is 0 Å². The first-order chi connectivity index (χ1) is 11.7. The second-order valence-corrected chi connectivity index (χ2v) is 5.92. The fraction of sp³-hybridized carbons (Fsp3) is 0.368. The van der Waals surface area contributed by atoms with Crippen LogP contribution in [0, 0.1) is 0 Å². The molecule has 5 nitrogen and oxygen atoms in total. The van der Waals surface area contributed by atoms with Crippen LogP contribution in [0.3, 0.4) is 0 Å². The van der Waals surface area contributed by atoms with Gasteiger partial charge in [0, 0.05) is 19.6 Å². The highest BCUT2D eigenvalue weighted by Crippen LogP contribution is 2.33. The Balaban J connectivity index is 1.63. The van der Waals surface area contributed by atoms with E-state index in [0.29, 0.717) is 0 Å². The number of nitrogens with zero attached hydrogens (tertiary/aromatic N) is 3. The highest BCUT2D eigenvalue weighted by atomic mass is 16.2. The largest absolute Gasteiger partial charge is 0.357 e. The summed E-state index contributed by atoms with van der Waals surface area (Å²) in [7, 11) is 0. The van der Waals surface area contributed by atoms with E-state index in [1.165, 1.54) is 5.56 Å². The van der Waals surface area contributed by atoms with Crippen molar-refractivity contribution in [1.29, 1.82) is 0 Å². The number of benzene rings is 1. The van der Waals surface area contributed by atoms with E-state index in [0.717, 1.165) is 37.6 Å². The van der Waals surface area contributed by atoms with Crippen LogP contribution in [0.5, 0.6) is 0 Å². The Morgan fingerprint density at radius 1 is 1.21 bits per heavy atom. The first-order valence-corrected chi connectivity index (χ1v) is 8.56. The molecule has 1 atom stereocenters. The van der Waals surface area contributed by atoms with Crippen molar-refractivity contribution in [3.05, 3.63) is 54.2 Å². The molecule has 24 heavy (non-hydrogen) atoms. The molecule has 0 radical (unpaired) electrons. The van der Waals surface area contributed by atoms with E-state index >= 15 is 0 Å². The van der Waals surface area contributed by atoms with Gasteiger partial charge in [0.05, 0.1) is 17.9 Å². The predicted molar refractivity (Wildman–Crippen MR) is 97.3 cm³/mol. The summed E-state index contributed by atoms with van der Waals surface area (Å²) >= 11 is 0. The lowest BCUT2D eigenvalue weighted by Crippen LogP contribution is -2.47. The molecule has 1 aliphatic rings. The van der Waals surface area contributed by atoms with Gasteiger partial charge in [-0.25, -0.2) is 9.78 Å². The van der Waals surface area contributed by atoms with Gasteiger partial charge in [-0.3, -0.25) is 0 Å². The van der Waals surface area contributed by atoms with Crippen molar-refractivity contribution in [2.75, 3.05) is 29.9 Å². The van der Waals surface area contributed by atoms with Gasteiger partial charge in [0.15, 0.2) is 0 Å². The van der Waals surface area contributed by atoms with E-state index in [9.17, 15) is 4.79 Å². The van der Waals surface area contributed by atoms with E-state index in [4.69, 9.17) is 0 Å². The lowest BCUT2D eigenvalue weighted by Gasteiger charge is -2.41. The molecule has 2 heterocycles. The second kappa shape index (κ2) is 7.34. The number of rotatable bonds is 5. The number of aromatic nitrogens is 1. The third-order valence-electron chi connectivity index (χ3n) is 4.55. The molecular weight excluding hydrogens is 300 g/mol. The zero-order valence-electron chi connectivity index (χ0n) is 14.3. The van der Waals surface area contributed by atoms with E-state index in [2.05, 4.69) is 41.2 Å². The van der Waals surface area contributed by atoms with Crippen LogP contribution >= 0.6 is 0 Å². The molecular formula is C19H24N4O. The maximum atomic E-state index is 12.5. The fourth-order valence-corrected chi connectivity index (χ4v) is 3.04. The number of anilines is 2. The number of pyridine rings is 1. The van der Waals surface area contributed by atoms with Gasteiger partial charge in [0.25, 0.3) is 0 Å². The molecule has 2 amide bonds. The van der Waals surface area contributed by atoms with Gasteiger partial charge in [-0.15, -0.1) is 0 Å². The monoisotopic (exact) mass is 324 g/mol. The highest BCUT2D eigenvalue weighted by Gasteiger charge is 2.33. The van der Waals surface area contributed by atoms with Gasteiger partial charge in [0.1, 0.15) is 5.82 Å². The Bertz CT molecular complexity index is 668. The zero-order chi connectivity index (χ0) is 16.9. The second-order valence-electron chi connectivity index (χ2n) is 5.92. The van der Waals surface area contributed by atoms with Crippen molar-refractivity contribution in [2.24, 2.45) is 0 Å². The van der Waals surface area contributed by atoms with Gasteiger partial charge >= 0.3 is 6.03 Å². The molecule has 1 fully saturated rings. The fourth-order valence-electron chi connectivity index (χ4n) is 3.04. The van der Waals surface area contributed by atoms with Crippen LogP contribution in [-0.4, -0.2) is 35.5 Å². The Hall–Kier alpha value is -2.56. The summed E-state index contributed by atoms with van der Waals surface area (Å²) in [5.41, 5.74) is 1.92. The summed E-state index contributed by atoms with van der Waals surface area (Å²) in [5.74, 6) is 0.934. The molecule has 1 aromatic heterocycles. The van der Waals surface area contributed by atoms with Crippen molar-refractivity contribution in [3.63, 3.8) is 0 Å². The molecule has 1 saturated heterocycles. The molecule has 1 aliphatic heterocycles. The average Bonchev–Trinajstić information content (AvgIpc) is 2.57. The maximum absolute atomic E-state index is 12.5. The summed E-state index contributed by atoms with van der Waals surface area (Å²) in [6.07, 6.45) is 2.74. The molecule has 126 valence electrons. The smallest absolute Gasteiger partial charge is 0.322 e. The highest BCUT2D eigenvalue weighted by molar-refractivity contribution is 5.90. The van der Waals surface area contributed by atoms with Crippen LogP contribution < -0.4 is 10.2 Å². The molecule has 0 saturated carbocycles. The number of carbonyl (C=O) groups excluding carboxylic acids is 1. The van der Waals surface area contributed by atoms with Gasteiger partial charge in [-0.05, 0) is 38.0 Å². The quantitative estimate of drug-likeness (QED) is 0.907. The summed E-state index contributed by atoms with van der Waals surface area (Å²) in [4.78, 5) is 21.0. The Kier molecular flexibility index (Phi) is 4.99. The lowest BCUT2D eigenvalue weighted by atomic mass is 9.95. The number of amides is 2. The van der Waals surface area contributed by atoms with Gasteiger partial charge in [-0.1, -0.05) is 30.3 Å².